The SMILES string of the molecule is C[C@H](OCCN1CCCC1)C(=O)O. The van der Waals surface area contributed by atoms with Gasteiger partial charge in [-0.25, -0.2) is 4.79 Å². The lowest BCUT2D eigenvalue weighted by atomic mass is 10.4. The van der Waals surface area contributed by atoms with Crippen LogP contribution in [0.5, 0.6) is 0 Å². The van der Waals surface area contributed by atoms with Crippen LogP contribution in [0.25, 0.3) is 0 Å². The molecule has 4 heteroatoms. The fourth-order valence-corrected chi connectivity index (χ4v) is 1.44. The highest BCUT2D eigenvalue weighted by molar-refractivity contribution is 5.71. The number of ether oxygens (including phenoxy) is 1. The minimum atomic E-state index is -0.888. The standard InChI is InChI=1S/C9H17NO3/c1-8(9(11)12)13-7-6-10-4-2-3-5-10/h8H,2-7H2,1H3,(H,11,12)/t8-/m0/s1. The molecular weight excluding hydrogens is 170 g/mol. The second-order valence-corrected chi connectivity index (χ2v) is 3.40. The topological polar surface area (TPSA) is 49.8 Å². The first-order valence-electron chi connectivity index (χ1n) is 4.77. The Morgan fingerprint density at radius 3 is 2.69 bits per heavy atom. The third kappa shape index (κ3) is 3.74. The Bertz CT molecular complexity index is 166. The maximum absolute atomic E-state index is 10.4. The normalized spacial score (nSPS) is 20.4. The number of carboxylic acids is 1. The van der Waals surface area contributed by atoms with E-state index in [2.05, 4.69) is 4.90 Å². The Morgan fingerprint density at radius 1 is 1.54 bits per heavy atom. The molecule has 0 aliphatic carbocycles. The first-order valence-corrected chi connectivity index (χ1v) is 4.77. The monoisotopic (exact) mass is 187 g/mol. The lowest BCUT2D eigenvalue weighted by molar-refractivity contribution is -0.149. The van der Waals surface area contributed by atoms with E-state index in [4.69, 9.17) is 9.84 Å². The highest BCUT2D eigenvalue weighted by Gasteiger charge is 2.13. The Kier molecular flexibility index (Phi) is 4.18. The fraction of sp³-hybridized carbons (Fsp3) is 0.889. The van der Waals surface area contributed by atoms with Gasteiger partial charge in [0.05, 0.1) is 6.61 Å². The summed E-state index contributed by atoms with van der Waals surface area (Å²) in [6.07, 6.45) is 1.84. The van der Waals surface area contributed by atoms with Crippen molar-refractivity contribution >= 4 is 5.97 Å². The molecule has 1 atom stereocenters. The van der Waals surface area contributed by atoms with Gasteiger partial charge in [-0.05, 0) is 32.9 Å². The summed E-state index contributed by atoms with van der Waals surface area (Å²) in [7, 11) is 0. The number of carboxylic acid groups (broad SMARTS) is 1. The van der Waals surface area contributed by atoms with Crippen molar-refractivity contribution in [2.45, 2.75) is 25.9 Å². The average molecular weight is 187 g/mol. The number of hydrogen-bond acceptors (Lipinski definition) is 3. The van der Waals surface area contributed by atoms with Gasteiger partial charge < -0.3 is 14.7 Å². The number of carbonyl (C=O) groups is 1. The van der Waals surface area contributed by atoms with E-state index in [1.165, 1.54) is 12.8 Å². The van der Waals surface area contributed by atoms with Gasteiger partial charge in [0.15, 0.2) is 6.10 Å². The molecule has 0 amide bonds. The van der Waals surface area contributed by atoms with Gasteiger partial charge in [-0.1, -0.05) is 0 Å². The number of nitrogens with zero attached hydrogens (tertiary/aromatic N) is 1. The summed E-state index contributed by atoms with van der Waals surface area (Å²) in [6, 6.07) is 0. The van der Waals surface area contributed by atoms with Crippen molar-refractivity contribution in [2.75, 3.05) is 26.2 Å². The second kappa shape index (κ2) is 5.19. The molecule has 0 bridgehead atoms. The van der Waals surface area contributed by atoms with Crippen molar-refractivity contribution in [1.29, 1.82) is 0 Å². The zero-order valence-corrected chi connectivity index (χ0v) is 8.03. The average Bonchev–Trinajstić information content (AvgIpc) is 2.56. The molecule has 4 nitrogen and oxygen atoms in total. The molecule has 0 aromatic rings. The van der Waals surface area contributed by atoms with Gasteiger partial charge in [-0.3, -0.25) is 0 Å². The molecule has 0 aromatic carbocycles. The first kappa shape index (κ1) is 10.5. The molecule has 1 rings (SSSR count). The summed E-state index contributed by atoms with van der Waals surface area (Å²) < 4.78 is 5.12. The summed E-state index contributed by atoms with van der Waals surface area (Å²) in [6.45, 7) is 5.20. The molecule has 13 heavy (non-hydrogen) atoms. The predicted octanol–water partition coefficient (Wildman–Crippen LogP) is 0.572. The first-order chi connectivity index (χ1) is 6.20. The van der Waals surface area contributed by atoms with Crippen LogP contribution in [0.1, 0.15) is 19.8 Å². The molecule has 0 spiro atoms. The third-order valence-corrected chi connectivity index (χ3v) is 2.32. The Hall–Kier alpha value is -0.610. The Morgan fingerprint density at radius 2 is 2.15 bits per heavy atom. The van der Waals surface area contributed by atoms with Crippen LogP contribution >= 0.6 is 0 Å². The summed E-state index contributed by atoms with van der Waals surface area (Å²) in [4.78, 5) is 12.7. The van der Waals surface area contributed by atoms with E-state index >= 15 is 0 Å². The van der Waals surface area contributed by atoms with E-state index in [0.29, 0.717) is 6.61 Å². The second-order valence-electron chi connectivity index (χ2n) is 3.40. The van der Waals surface area contributed by atoms with E-state index in [9.17, 15) is 4.79 Å². The van der Waals surface area contributed by atoms with E-state index in [1.54, 1.807) is 6.92 Å². The van der Waals surface area contributed by atoms with Crippen LogP contribution in [0.4, 0.5) is 0 Å². The smallest absolute Gasteiger partial charge is 0.332 e. The van der Waals surface area contributed by atoms with Crippen molar-refractivity contribution in [3.8, 4) is 0 Å². The summed E-state index contributed by atoms with van der Waals surface area (Å²) in [5.41, 5.74) is 0. The molecular formula is C9H17NO3. The van der Waals surface area contributed by atoms with Gasteiger partial charge in [0.1, 0.15) is 0 Å². The van der Waals surface area contributed by atoms with Crippen LogP contribution in [0, 0.1) is 0 Å². The van der Waals surface area contributed by atoms with Crippen molar-refractivity contribution in [3.63, 3.8) is 0 Å². The number of hydrogen-bond donors (Lipinski definition) is 1. The summed E-state index contributed by atoms with van der Waals surface area (Å²) >= 11 is 0. The molecule has 76 valence electrons. The lowest BCUT2D eigenvalue weighted by Gasteiger charge is -2.15. The van der Waals surface area contributed by atoms with Crippen molar-refractivity contribution < 1.29 is 14.6 Å². The molecule has 1 aliphatic heterocycles. The highest BCUT2D eigenvalue weighted by Crippen LogP contribution is 2.06. The van der Waals surface area contributed by atoms with Crippen LogP contribution in [-0.2, 0) is 9.53 Å². The fourth-order valence-electron chi connectivity index (χ4n) is 1.44. The number of likely N-dealkylation sites (tertiary alicyclic amines) is 1. The van der Waals surface area contributed by atoms with Gasteiger partial charge in [-0.2, -0.15) is 0 Å². The molecule has 1 saturated heterocycles. The zero-order chi connectivity index (χ0) is 9.68. The van der Waals surface area contributed by atoms with Crippen LogP contribution in [-0.4, -0.2) is 48.3 Å². The van der Waals surface area contributed by atoms with E-state index in [0.717, 1.165) is 19.6 Å². The number of rotatable bonds is 5. The molecule has 0 radical (unpaired) electrons. The Labute approximate surface area is 78.5 Å². The molecule has 1 heterocycles. The molecule has 1 fully saturated rings. The van der Waals surface area contributed by atoms with Gasteiger partial charge in [0, 0.05) is 6.54 Å². The predicted molar refractivity (Wildman–Crippen MR) is 48.7 cm³/mol. The maximum Gasteiger partial charge on any atom is 0.332 e. The van der Waals surface area contributed by atoms with Gasteiger partial charge in [-0.15, -0.1) is 0 Å². The van der Waals surface area contributed by atoms with Crippen molar-refractivity contribution in [3.05, 3.63) is 0 Å². The van der Waals surface area contributed by atoms with E-state index in [1.807, 2.05) is 0 Å². The molecule has 0 aromatic heterocycles. The van der Waals surface area contributed by atoms with E-state index < -0.39 is 12.1 Å². The molecule has 0 saturated carbocycles. The molecule has 1 N–H and O–H groups in total. The molecule has 1 aliphatic rings. The minimum absolute atomic E-state index is 0.521. The van der Waals surface area contributed by atoms with Gasteiger partial charge in [0.25, 0.3) is 0 Å². The van der Waals surface area contributed by atoms with Crippen LogP contribution in [0.3, 0.4) is 0 Å². The summed E-state index contributed by atoms with van der Waals surface area (Å²) in [5.74, 6) is -0.888. The quantitative estimate of drug-likeness (QED) is 0.683. The van der Waals surface area contributed by atoms with Crippen LogP contribution in [0.15, 0.2) is 0 Å². The van der Waals surface area contributed by atoms with E-state index in [-0.39, 0.29) is 0 Å². The number of aliphatic carboxylic acids is 1. The van der Waals surface area contributed by atoms with Crippen LogP contribution in [0.2, 0.25) is 0 Å². The van der Waals surface area contributed by atoms with Gasteiger partial charge in [0.2, 0.25) is 0 Å². The largest absolute Gasteiger partial charge is 0.479 e. The zero-order valence-electron chi connectivity index (χ0n) is 8.03. The van der Waals surface area contributed by atoms with Crippen molar-refractivity contribution in [1.82, 2.24) is 4.90 Å². The molecule has 0 unspecified atom stereocenters. The maximum atomic E-state index is 10.4. The third-order valence-electron chi connectivity index (χ3n) is 2.32. The minimum Gasteiger partial charge on any atom is -0.479 e. The Balaban J connectivity index is 2.02. The van der Waals surface area contributed by atoms with Crippen LogP contribution < -0.4 is 0 Å². The van der Waals surface area contributed by atoms with Gasteiger partial charge >= 0.3 is 5.97 Å². The lowest BCUT2D eigenvalue weighted by Crippen LogP contribution is -2.28. The van der Waals surface area contributed by atoms with Crippen molar-refractivity contribution in [2.24, 2.45) is 0 Å². The highest BCUT2D eigenvalue weighted by atomic mass is 16.5. The summed E-state index contributed by atoms with van der Waals surface area (Å²) in [5, 5.41) is 8.54.